The number of ether oxygens (including phenoxy) is 3. The Labute approximate surface area is 174 Å². The van der Waals surface area contributed by atoms with Gasteiger partial charge < -0.3 is 24.4 Å². The van der Waals surface area contributed by atoms with Crippen molar-refractivity contribution in [3.8, 4) is 11.5 Å². The van der Waals surface area contributed by atoms with Crippen LogP contribution < -0.4 is 19.7 Å². The van der Waals surface area contributed by atoms with Crippen molar-refractivity contribution in [3.05, 3.63) is 53.3 Å². The molecule has 0 spiro atoms. The van der Waals surface area contributed by atoms with Gasteiger partial charge in [0.25, 0.3) is 5.91 Å². The Kier molecular flexibility index (Phi) is 6.89. The number of nitrogens with one attached hydrogen (secondary N) is 2. The molecule has 1 aliphatic heterocycles. The Morgan fingerprint density at radius 1 is 1.13 bits per heavy atom. The van der Waals surface area contributed by atoms with Crippen LogP contribution in [0.3, 0.4) is 0 Å². The van der Waals surface area contributed by atoms with E-state index in [0.717, 1.165) is 16.0 Å². The van der Waals surface area contributed by atoms with Gasteiger partial charge in [-0.05, 0) is 29.8 Å². The second-order valence-electron chi connectivity index (χ2n) is 7.10. The van der Waals surface area contributed by atoms with Gasteiger partial charge in [-0.2, -0.15) is 0 Å². The van der Waals surface area contributed by atoms with Gasteiger partial charge in [-0.3, -0.25) is 9.59 Å². The molecule has 2 aromatic rings. The fraction of sp³-hybridized carbons (Fsp3) is 0.364. The predicted molar refractivity (Wildman–Crippen MR) is 108 cm³/mol. The second kappa shape index (κ2) is 9.58. The summed E-state index contributed by atoms with van der Waals surface area (Å²) in [4.78, 5) is 25.6. The number of amides is 1. The fourth-order valence-corrected chi connectivity index (χ4v) is 3.85. The van der Waals surface area contributed by atoms with E-state index in [9.17, 15) is 14.0 Å². The van der Waals surface area contributed by atoms with Gasteiger partial charge in [0.2, 0.25) is 0 Å². The normalized spacial score (nSPS) is 17.6. The minimum atomic E-state index is -0.493. The number of carbonyl (C=O) groups is 2. The quantitative estimate of drug-likeness (QED) is 0.668. The van der Waals surface area contributed by atoms with E-state index in [1.807, 2.05) is 12.1 Å². The number of methoxy groups -OCH3 is 3. The number of para-hydroxylation sites is 1. The third kappa shape index (κ3) is 4.71. The van der Waals surface area contributed by atoms with Crippen LogP contribution in [0, 0.1) is 5.82 Å². The molecule has 0 radical (unpaired) electrons. The van der Waals surface area contributed by atoms with E-state index < -0.39 is 5.82 Å². The van der Waals surface area contributed by atoms with Crippen molar-refractivity contribution in [2.45, 2.75) is 18.9 Å². The van der Waals surface area contributed by atoms with E-state index in [4.69, 9.17) is 14.2 Å². The molecule has 0 saturated carbocycles. The number of quaternary nitrogens is 1. The summed E-state index contributed by atoms with van der Waals surface area (Å²) in [6.07, 6.45) is 0.816. The van der Waals surface area contributed by atoms with Crippen molar-refractivity contribution in [2.75, 3.05) is 39.7 Å². The van der Waals surface area contributed by atoms with Crippen molar-refractivity contribution in [1.29, 1.82) is 0 Å². The van der Waals surface area contributed by atoms with Crippen molar-refractivity contribution in [1.82, 2.24) is 0 Å². The SMILES string of the molecule is COC(=O)C[C@H]1c2cc(OC)c(OC)cc2CC[NH+]1CC(=O)Nc1ccccc1F. The first kappa shape index (κ1) is 21.6. The number of hydrogen-bond donors (Lipinski definition) is 2. The Bertz CT molecular complexity index is 934. The van der Waals surface area contributed by atoms with E-state index in [1.54, 1.807) is 26.4 Å². The van der Waals surface area contributed by atoms with Crippen molar-refractivity contribution >= 4 is 17.6 Å². The molecule has 2 atom stereocenters. The lowest BCUT2D eigenvalue weighted by atomic mass is 9.90. The molecule has 0 fully saturated rings. The number of anilines is 1. The number of rotatable bonds is 7. The maximum atomic E-state index is 13.9. The predicted octanol–water partition coefficient (Wildman–Crippen LogP) is 1.53. The van der Waals surface area contributed by atoms with Crippen LogP contribution in [0.5, 0.6) is 11.5 Å². The van der Waals surface area contributed by atoms with Crippen LogP contribution >= 0.6 is 0 Å². The van der Waals surface area contributed by atoms with Gasteiger partial charge in [0.15, 0.2) is 18.0 Å². The molecular weight excluding hydrogens is 391 g/mol. The number of esters is 1. The Morgan fingerprint density at radius 2 is 1.83 bits per heavy atom. The van der Waals surface area contributed by atoms with E-state index >= 15 is 0 Å². The largest absolute Gasteiger partial charge is 0.493 e. The Morgan fingerprint density at radius 3 is 2.50 bits per heavy atom. The average molecular weight is 417 g/mol. The standard InChI is InChI=1S/C22H25FN2O5/c1-28-19-10-14-8-9-25(13-21(26)24-17-7-5-4-6-16(17)23)18(12-22(27)30-3)15(14)11-20(19)29-2/h4-7,10-11,18H,8-9,12-13H2,1-3H3,(H,24,26)/p+1/t18-/m0/s1. The van der Waals surface area contributed by atoms with Gasteiger partial charge in [0, 0.05) is 12.0 Å². The fourth-order valence-electron chi connectivity index (χ4n) is 3.85. The molecule has 160 valence electrons. The second-order valence-corrected chi connectivity index (χ2v) is 7.10. The molecule has 3 rings (SSSR count). The smallest absolute Gasteiger partial charge is 0.311 e. The van der Waals surface area contributed by atoms with Gasteiger partial charge in [-0.15, -0.1) is 0 Å². The first-order valence-electron chi connectivity index (χ1n) is 9.67. The van der Waals surface area contributed by atoms with E-state index in [0.29, 0.717) is 24.5 Å². The molecule has 1 amide bonds. The topological polar surface area (TPSA) is 78.3 Å². The van der Waals surface area contributed by atoms with Crippen LogP contribution in [-0.2, 0) is 20.7 Å². The third-order valence-corrected chi connectivity index (χ3v) is 5.36. The summed E-state index contributed by atoms with van der Waals surface area (Å²) < 4.78 is 29.5. The van der Waals surface area contributed by atoms with Crippen molar-refractivity contribution in [3.63, 3.8) is 0 Å². The number of carbonyl (C=O) groups excluding carboxylic acids is 2. The van der Waals surface area contributed by atoms with Crippen LogP contribution in [-0.4, -0.2) is 46.3 Å². The van der Waals surface area contributed by atoms with Crippen molar-refractivity contribution in [2.24, 2.45) is 0 Å². The highest BCUT2D eigenvalue weighted by atomic mass is 19.1. The number of halogens is 1. The molecule has 0 saturated heterocycles. The summed E-state index contributed by atoms with van der Waals surface area (Å²) in [7, 11) is 4.46. The molecule has 2 N–H and O–H groups in total. The molecule has 2 aromatic carbocycles. The maximum absolute atomic E-state index is 13.9. The lowest BCUT2D eigenvalue weighted by molar-refractivity contribution is -0.925. The summed E-state index contributed by atoms with van der Waals surface area (Å²) in [6.45, 7) is 0.721. The first-order chi connectivity index (χ1) is 14.5. The van der Waals surface area contributed by atoms with Gasteiger partial charge in [0.1, 0.15) is 18.3 Å². The van der Waals surface area contributed by atoms with E-state index in [-0.39, 0.29) is 36.6 Å². The molecule has 1 unspecified atom stereocenters. The monoisotopic (exact) mass is 417 g/mol. The molecular formula is C22H26FN2O5+. The first-order valence-corrected chi connectivity index (χ1v) is 9.67. The number of fused-ring (bicyclic) bond motifs is 1. The summed E-state index contributed by atoms with van der Waals surface area (Å²) in [5.41, 5.74) is 2.09. The summed E-state index contributed by atoms with van der Waals surface area (Å²) in [5, 5.41) is 2.61. The molecule has 8 heteroatoms. The van der Waals surface area contributed by atoms with Gasteiger partial charge in [-0.1, -0.05) is 12.1 Å². The van der Waals surface area contributed by atoms with Crippen LogP contribution in [0.15, 0.2) is 36.4 Å². The molecule has 0 aliphatic carbocycles. The van der Waals surface area contributed by atoms with Gasteiger partial charge in [0.05, 0.1) is 33.6 Å². The van der Waals surface area contributed by atoms with E-state index in [1.165, 1.54) is 19.2 Å². The highest BCUT2D eigenvalue weighted by Gasteiger charge is 2.35. The summed E-state index contributed by atoms with van der Waals surface area (Å²) in [6, 6.07) is 9.49. The zero-order valence-corrected chi connectivity index (χ0v) is 17.3. The molecule has 1 heterocycles. The van der Waals surface area contributed by atoms with Gasteiger partial charge in [-0.25, -0.2) is 4.39 Å². The molecule has 30 heavy (non-hydrogen) atoms. The summed E-state index contributed by atoms with van der Waals surface area (Å²) in [5.74, 6) is -0.00620. The lowest BCUT2D eigenvalue weighted by Crippen LogP contribution is -3.14. The van der Waals surface area contributed by atoms with Crippen LogP contribution in [0.1, 0.15) is 23.6 Å². The zero-order valence-electron chi connectivity index (χ0n) is 17.3. The lowest BCUT2D eigenvalue weighted by Gasteiger charge is -2.34. The number of benzene rings is 2. The maximum Gasteiger partial charge on any atom is 0.311 e. The number of hydrogen-bond acceptors (Lipinski definition) is 5. The molecule has 0 aromatic heterocycles. The summed E-state index contributed by atoms with van der Waals surface area (Å²) >= 11 is 0. The van der Waals surface area contributed by atoms with Crippen molar-refractivity contribution < 1.29 is 33.1 Å². The highest BCUT2D eigenvalue weighted by Crippen LogP contribution is 2.35. The average Bonchev–Trinajstić information content (AvgIpc) is 2.75. The van der Waals surface area contributed by atoms with Gasteiger partial charge >= 0.3 is 5.97 Å². The zero-order chi connectivity index (χ0) is 21.7. The van der Waals surface area contributed by atoms with Crippen LogP contribution in [0.4, 0.5) is 10.1 Å². The Balaban J connectivity index is 1.86. The Hall–Kier alpha value is -3.13. The third-order valence-electron chi connectivity index (χ3n) is 5.36. The molecule has 7 nitrogen and oxygen atoms in total. The minimum absolute atomic E-state index is 0.0871. The highest BCUT2D eigenvalue weighted by molar-refractivity contribution is 5.91. The van der Waals surface area contributed by atoms with Crippen LogP contribution in [0.25, 0.3) is 0 Å². The minimum Gasteiger partial charge on any atom is -0.493 e. The molecule has 0 bridgehead atoms. The van der Waals surface area contributed by atoms with Crippen LogP contribution in [0.2, 0.25) is 0 Å². The van der Waals surface area contributed by atoms with E-state index in [2.05, 4.69) is 5.32 Å². The molecule has 1 aliphatic rings.